The standard InChI is InChI=1S/C3H5N3O/c1-2-3(4)7-6-5-2/h4H2,1H3. The van der Waals surface area contributed by atoms with Gasteiger partial charge in [-0.3, -0.25) is 0 Å². The molecule has 7 heavy (non-hydrogen) atoms. The van der Waals surface area contributed by atoms with Crippen LogP contribution in [0.2, 0.25) is 0 Å². The van der Waals surface area contributed by atoms with Crippen LogP contribution < -0.4 is 5.73 Å². The quantitative estimate of drug-likeness (QED) is 0.495. The highest BCUT2D eigenvalue weighted by Gasteiger charge is 1.94. The molecular weight excluding hydrogens is 94.1 g/mol. The number of nitrogens with two attached hydrogens (primary N) is 1. The van der Waals surface area contributed by atoms with Crippen LogP contribution in [0.3, 0.4) is 0 Å². The third-order valence-corrected chi connectivity index (χ3v) is 0.687. The summed E-state index contributed by atoms with van der Waals surface area (Å²) in [6, 6.07) is 0. The number of nitrogen functional groups attached to an aromatic ring is 1. The molecule has 0 spiro atoms. The summed E-state index contributed by atoms with van der Waals surface area (Å²) in [5.74, 6) is 0.292. The van der Waals surface area contributed by atoms with Crippen molar-refractivity contribution in [3.63, 3.8) is 0 Å². The molecule has 0 saturated carbocycles. The average Bonchev–Trinajstić information content (AvgIpc) is 1.91. The molecule has 1 aromatic heterocycles. The third kappa shape index (κ3) is 0.534. The summed E-state index contributed by atoms with van der Waals surface area (Å²) in [5.41, 5.74) is 5.79. The lowest BCUT2D eigenvalue weighted by molar-refractivity contribution is 0.407. The molecule has 4 nitrogen and oxygen atoms in total. The van der Waals surface area contributed by atoms with Gasteiger partial charge >= 0.3 is 0 Å². The van der Waals surface area contributed by atoms with Gasteiger partial charge in [0.15, 0.2) is 0 Å². The molecule has 38 valence electrons. The van der Waals surface area contributed by atoms with Gasteiger partial charge in [0.25, 0.3) is 0 Å². The van der Waals surface area contributed by atoms with Gasteiger partial charge in [-0.05, 0) is 6.92 Å². The van der Waals surface area contributed by atoms with Gasteiger partial charge in [0.2, 0.25) is 5.88 Å². The molecule has 4 heteroatoms. The lowest BCUT2D eigenvalue weighted by atomic mass is 10.5. The Hall–Kier alpha value is -1.06. The average molecular weight is 99.1 g/mol. The monoisotopic (exact) mass is 99.0 g/mol. The molecule has 1 aromatic rings. The van der Waals surface area contributed by atoms with Crippen LogP contribution in [0.5, 0.6) is 0 Å². The van der Waals surface area contributed by atoms with Crippen LogP contribution in [0.1, 0.15) is 5.69 Å². The van der Waals surface area contributed by atoms with Gasteiger partial charge < -0.3 is 10.3 Å². The van der Waals surface area contributed by atoms with E-state index in [1.165, 1.54) is 0 Å². The Morgan fingerprint density at radius 2 is 2.43 bits per heavy atom. The van der Waals surface area contributed by atoms with Crippen molar-refractivity contribution in [2.45, 2.75) is 6.92 Å². The number of aromatic nitrogens is 2. The SMILES string of the molecule is Cc1nnoc1N. The van der Waals surface area contributed by atoms with E-state index in [0.717, 1.165) is 0 Å². The van der Waals surface area contributed by atoms with Gasteiger partial charge in [0.05, 0.1) is 0 Å². The predicted molar refractivity (Wildman–Crippen MR) is 23.4 cm³/mol. The fourth-order valence-corrected chi connectivity index (χ4v) is 0.241. The molecule has 0 bridgehead atoms. The van der Waals surface area contributed by atoms with E-state index in [1.54, 1.807) is 6.92 Å². The number of hydrogen-bond acceptors (Lipinski definition) is 4. The lowest BCUT2D eigenvalue weighted by Gasteiger charge is -1.73. The number of nitrogens with zero attached hydrogens (tertiary/aromatic N) is 2. The van der Waals surface area contributed by atoms with Crippen LogP contribution in [0.15, 0.2) is 4.52 Å². The van der Waals surface area contributed by atoms with Crippen LogP contribution in [0, 0.1) is 6.92 Å². The molecule has 0 fully saturated rings. The zero-order valence-corrected chi connectivity index (χ0v) is 3.88. The molecule has 1 heterocycles. The molecule has 0 atom stereocenters. The molecule has 0 aliphatic rings. The highest BCUT2D eigenvalue weighted by Crippen LogP contribution is 2.00. The number of hydrogen-bond donors (Lipinski definition) is 1. The largest absolute Gasteiger partial charge is 0.366 e. The normalized spacial score (nSPS) is 9.29. The van der Waals surface area contributed by atoms with Gasteiger partial charge in [0.1, 0.15) is 5.69 Å². The Bertz CT molecular complexity index is 142. The van der Waals surface area contributed by atoms with E-state index in [9.17, 15) is 0 Å². The maximum Gasteiger partial charge on any atom is 0.245 e. The minimum absolute atomic E-state index is 0.292. The number of rotatable bonds is 0. The minimum atomic E-state index is 0.292. The topological polar surface area (TPSA) is 64.9 Å². The molecular formula is C3H5N3O. The van der Waals surface area contributed by atoms with Gasteiger partial charge in [-0.15, -0.1) is 5.10 Å². The molecule has 0 aliphatic carbocycles. The predicted octanol–water partition coefficient (Wildman–Crippen LogP) is -0.0398. The number of anilines is 1. The summed E-state index contributed by atoms with van der Waals surface area (Å²) in [5, 5.41) is 6.65. The van der Waals surface area contributed by atoms with Crippen LogP contribution in [-0.2, 0) is 0 Å². The van der Waals surface area contributed by atoms with Gasteiger partial charge in [-0.25, -0.2) is 0 Å². The van der Waals surface area contributed by atoms with Crippen LogP contribution in [0.25, 0.3) is 0 Å². The van der Waals surface area contributed by atoms with Gasteiger partial charge in [-0.2, -0.15) is 0 Å². The second kappa shape index (κ2) is 1.22. The molecule has 2 N–H and O–H groups in total. The second-order valence-corrected chi connectivity index (χ2v) is 1.22. The van der Waals surface area contributed by atoms with E-state index < -0.39 is 0 Å². The van der Waals surface area contributed by atoms with Crippen molar-refractivity contribution in [2.75, 3.05) is 5.73 Å². The molecule has 0 aliphatic heterocycles. The van der Waals surface area contributed by atoms with Crippen molar-refractivity contribution in [3.8, 4) is 0 Å². The lowest BCUT2D eigenvalue weighted by Crippen LogP contribution is -1.82. The van der Waals surface area contributed by atoms with Crippen molar-refractivity contribution in [2.24, 2.45) is 0 Å². The van der Waals surface area contributed by atoms with Crippen molar-refractivity contribution >= 4 is 5.88 Å². The molecule has 0 unspecified atom stereocenters. The summed E-state index contributed by atoms with van der Waals surface area (Å²) in [4.78, 5) is 0. The van der Waals surface area contributed by atoms with Crippen molar-refractivity contribution < 1.29 is 4.52 Å². The zero-order valence-electron chi connectivity index (χ0n) is 3.88. The molecule has 1 rings (SSSR count). The summed E-state index contributed by atoms with van der Waals surface area (Å²) in [6.07, 6.45) is 0. The number of aryl methyl sites for hydroxylation is 1. The van der Waals surface area contributed by atoms with Crippen LogP contribution >= 0.6 is 0 Å². The van der Waals surface area contributed by atoms with E-state index in [4.69, 9.17) is 5.73 Å². The van der Waals surface area contributed by atoms with Gasteiger partial charge in [-0.1, -0.05) is 0 Å². The smallest absolute Gasteiger partial charge is 0.245 e. The van der Waals surface area contributed by atoms with Crippen LogP contribution in [0.4, 0.5) is 5.88 Å². The Kier molecular flexibility index (Phi) is 0.714. The fraction of sp³-hybridized carbons (Fsp3) is 0.333. The fourth-order valence-electron chi connectivity index (χ4n) is 0.241. The molecule has 0 amide bonds. The van der Waals surface area contributed by atoms with E-state index in [2.05, 4.69) is 14.9 Å². The van der Waals surface area contributed by atoms with E-state index in [1.807, 2.05) is 0 Å². The molecule has 0 radical (unpaired) electrons. The highest BCUT2D eigenvalue weighted by molar-refractivity contribution is 5.25. The first-order valence-corrected chi connectivity index (χ1v) is 1.85. The first-order valence-electron chi connectivity index (χ1n) is 1.85. The zero-order chi connectivity index (χ0) is 5.28. The summed E-state index contributed by atoms with van der Waals surface area (Å²) in [7, 11) is 0. The second-order valence-electron chi connectivity index (χ2n) is 1.22. The highest BCUT2D eigenvalue weighted by atomic mass is 16.5. The van der Waals surface area contributed by atoms with Crippen molar-refractivity contribution in [1.29, 1.82) is 0 Å². The molecule has 0 saturated heterocycles. The Balaban J connectivity index is 3.12. The van der Waals surface area contributed by atoms with Crippen molar-refractivity contribution in [1.82, 2.24) is 10.4 Å². The minimum Gasteiger partial charge on any atom is -0.366 e. The first kappa shape index (κ1) is 4.11. The first-order chi connectivity index (χ1) is 3.30. The van der Waals surface area contributed by atoms with Crippen molar-refractivity contribution in [3.05, 3.63) is 5.69 Å². The van der Waals surface area contributed by atoms with E-state index in [-0.39, 0.29) is 0 Å². The Morgan fingerprint density at radius 1 is 1.71 bits per heavy atom. The Labute approximate surface area is 40.3 Å². The summed E-state index contributed by atoms with van der Waals surface area (Å²) >= 11 is 0. The maximum atomic E-state index is 5.15. The maximum absolute atomic E-state index is 5.15. The summed E-state index contributed by atoms with van der Waals surface area (Å²) in [6.45, 7) is 1.73. The van der Waals surface area contributed by atoms with E-state index >= 15 is 0 Å². The van der Waals surface area contributed by atoms with Crippen LogP contribution in [-0.4, -0.2) is 10.4 Å². The summed E-state index contributed by atoms with van der Waals surface area (Å²) < 4.78 is 4.38. The van der Waals surface area contributed by atoms with E-state index in [0.29, 0.717) is 11.6 Å². The Morgan fingerprint density at radius 3 is 2.57 bits per heavy atom. The van der Waals surface area contributed by atoms with Gasteiger partial charge in [0, 0.05) is 5.27 Å². The molecule has 0 aromatic carbocycles. The third-order valence-electron chi connectivity index (χ3n) is 0.687.